The number of halogens is 1. The van der Waals surface area contributed by atoms with E-state index in [9.17, 15) is 9.90 Å². The van der Waals surface area contributed by atoms with Crippen LogP contribution in [0.4, 0.5) is 0 Å². The molecule has 3 aromatic rings. The number of allylic oxidation sites excluding steroid dienone is 2. The molecule has 0 spiro atoms. The van der Waals surface area contributed by atoms with Gasteiger partial charge in [-0.05, 0) is 72.2 Å². The molecule has 0 bridgehead atoms. The van der Waals surface area contributed by atoms with Gasteiger partial charge in [-0.15, -0.1) is 0 Å². The molecule has 1 N–H and O–H groups in total. The van der Waals surface area contributed by atoms with E-state index in [4.69, 9.17) is 11.6 Å². The van der Waals surface area contributed by atoms with E-state index in [1.165, 1.54) is 0 Å². The number of nitrogens with zero attached hydrogens (tertiary/aromatic N) is 2. The molecule has 0 saturated heterocycles. The van der Waals surface area contributed by atoms with Gasteiger partial charge < -0.3 is 5.11 Å². The van der Waals surface area contributed by atoms with Gasteiger partial charge in [0.2, 0.25) is 0 Å². The normalized spacial score (nSPS) is 12.5. The molecule has 2 aromatic heterocycles. The van der Waals surface area contributed by atoms with Crippen LogP contribution in [0.25, 0.3) is 0 Å². The average molecular weight is 435 g/mol. The number of aliphatic hydroxyl groups excluding tert-OH is 1. The van der Waals surface area contributed by atoms with E-state index in [0.717, 1.165) is 35.1 Å². The lowest BCUT2D eigenvalue weighted by Gasteiger charge is -2.13. The monoisotopic (exact) mass is 434 g/mol. The Labute approximate surface area is 188 Å². The van der Waals surface area contributed by atoms with Crippen LogP contribution in [0.15, 0.2) is 85.0 Å². The Kier molecular flexibility index (Phi) is 8.95. The third-order valence-corrected chi connectivity index (χ3v) is 5.37. The van der Waals surface area contributed by atoms with Gasteiger partial charge in [0, 0.05) is 42.7 Å². The molecule has 31 heavy (non-hydrogen) atoms. The smallest absolute Gasteiger partial charge is 0.161 e. The van der Waals surface area contributed by atoms with E-state index >= 15 is 0 Å². The zero-order chi connectivity index (χ0) is 21.9. The van der Waals surface area contributed by atoms with Gasteiger partial charge >= 0.3 is 0 Å². The maximum absolute atomic E-state index is 13.0. The van der Waals surface area contributed by atoms with Crippen LogP contribution in [0.2, 0.25) is 5.02 Å². The molecule has 0 radical (unpaired) electrons. The molecule has 0 aliphatic heterocycles. The highest BCUT2D eigenvalue weighted by Crippen LogP contribution is 2.17. The number of benzene rings is 1. The summed E-state index contributed by atoms with van der Waals surface area (Å²) >= 11 is 5.99. The lowest BCUT2D eigenvalue weighted by atomic mass is 9.95. The standard InChI is InChI=1S/C26H27ClN2O2/c27-24-11-8-20(9-12-24)16-23(7-1-4-21-5-2-14-28-18-21)26(31)17-25(30)13-10-22-6-3-15-29-19-22/h2-3,5-9,11-12,14-15,18-19,25,30H,1,4,10,13,16-17H2/b23-7-. The van der Waals surface area contributed by atoms with Crippen molar-refractivity contribution in [1.29, 1.82) is 0 Å². The van der Waals surface area contributed by atoms with Crippen LogP contribution < -0.4 is 0 Å². The molecule has 3 rings (SSSR count). The lowest BCUT2D eigenvalue weighted by Crippen LogP contribution is -2.17. The molecule has 0 saturated carbocycles. The van der Waals surface area contributed by atoms with E-state index in [-0.39, 0.29) is 12.2 Å². The van der Waals surface area contributed by atoms with Crippen LogP contribution in [0, 0.1) is 0 Å². The highest BCUT2D eigenvalue weighted by Gasteiger charge is 2.16. The second-order valence-corrected chi connectivity index (χ2v) is 8.05. The number of hydrogen-bond donors (Lipinski definition) is 1. The zero-order valence-electron chi connectivity index (χ0n) is 17.5. The predicted octanol–water partition coefficient (Wildman–Crippen LogP) is 5.18. The van der Waals surface area contributed by atoms with Crippen molar-refractivity contribution in [2.45, 2.75) is 44.6 Å². The summed E-state index contributed by atoms with van der Waals surface area (Å²) in [6.45, 7) is 0. The number of aryl methyl sites for hydroxylation is 2. The SMILES string of the molecule is O=C(CC(O)CCc1cccnc1)/C(=C\CCc1cccnc1)Cc1ccc(Cl)cc1. The number of aromatic nitrogens is 2. The highest BCUT2D eigenvalue weighted by atomic mass is 35.5. The van der Waals surface area contributed by atoms with Crippen molar-refractivity contribution in [3.05, 3.63) is 107 Å². The number of hydrogen-bond acceptors (Lipinski definition) is 4. The number of ketones is 1. The van der Waals surface area contributed by atoms with Gasteiger partial charge in [0.05, 0.1) is 6.10 Å². The fourth-order valence-corrected chi connectivity index (χ4v) is 3.52. The lowest BCUT2D eigenvalue weighted by molar-refractivity contribution is -0.117. The quantitative estimate of drug-likeness (QED) is 0.422. The van der Waals surface area contributed by atoms with E-state index in [1.54, 1.807) is 18.6 Å². The molecule has 4 nitrogen and oxygen atoms in total. The van der Waals surface area contributed by atoms with Crippen molar-refractivity contribution in [3.8, 4) is 0 Å². The van der Waals surface area contributed by atoms with Gasteiger partial charge in [0.1, 0.15) is 0 Å². The zero-order valence-corrected chi connectivity index (χ0v) is 18.2. The first kappa shape index (κ1) is 22.9. The Morgan fingerprint density at radius 3 is 2.19 bits per heavy atom. The minimum atomic E-state index is -0.681. The Balaban J connectivity index is 1.62. The molecule has 160 valence electrons. The molecular formula is C26H27ClN2O2. The summed E-state index contributed by atoms with van der Waals surface area (Å²) in [4.78, 5) is 21.2. The number of carbonyl (C=O) groups is 1. The van der Waals surface area contributed by atoms with E-state index in [2.05, 4.69) is 9.97 Å². The van der Waals surface area contributed by atoms with Crippen molar-refractivity contribution in [1.82, 2.24) is 9.97 Å². The fourth-order valence-electron chi connectivity index (χ4n) is 3.39. The molecule has 0 fully saturated rings. The fraction of sp³-hybridized carbons (Fsp3) is 0.269. The maximum Gasteiger partial charge on any atom is 0.161 e. The van der Waals surface area contributed by atoms with Crippen LogP contribution in [0.3, 0.4) is 0 Å². The van der Waals surface area contributed by atoms with Crippen LogP contribution >= 0.6 is 11.6 Å². The average Bonchev–Trinajstić information content (AvgIpc) is 2.80. The van der Waals surface area contributed by atoms with Gasteiger partial charge in [-0.25, -0.2) is 0 Å². The van der Waals surface area contributed by atoms with Gasteiger partial charge in [-0.2, -0.15) is 0 Å². The number of aliphatic hydroxyl groups is 1. The Bertz CT molecular complexity index is 973. The molecular weight excluding hydrogens is 408 g/mol. The number of Topliss-reactive ketones (excluding diaryl/α,β-unsaturated/α-hetero) is 1. The van der Waals surface area contributed by atoms with E-state index in [0.29, 0.717) is 24.3 Å². The van der Waals surface area contributed by atoms with Gasteiger partial charge in [0.15, 0.2) is 5.78 Å². The second-order valence-electron chi connectivity index (χ2n) is 7.61. The van der Waals surface area contributed by atoms with Crippen molar-refractivity contribution in [2.75, 3.05) is 0 Å². The first-order valence-electron chi connectivity index (χ1n) is 10.5. The second kappa shape index (κ2) is 12.1. The number of pyridine rings is 2. The highest BCUT2D eigenvalue weighted by molar-refractivity contribution is 6.30. The number of carbonyl (C=O) groups excluding carboxylic acids is 1. The summed E-state index contributed by atoms with van der Waals surface area (Å²) in [5, 5.41) is 11.1. The summed E-state index contributed by atoms with van der Waals surface area (Å²) in [6.07, 6.45) is 11.9. The molecule has 5 heteroatoms. The number of rotatable bonds is 11. The maximum atomic E-state index is 13.0. The minimum absolute atomic E-state index is 0.0141. The van der Waals surface area contributed by atoms with Crippen molar-refractivity contribution in [2.24, 2.45) is 0 Å². The van der Waals surface area contributed by atoms with Gasteiger partial charge in [-0.1, -0.05) is 41.9 Å². The van der Waals surface area contributed by atoms with E-state index < -0.39 is 6.10 Å². The van der Waals surface area contributed by atoms with Crippen molar-refractivity contribution in [3.63, 3.8) is 0 Å². The van der Waals surface area contributed by atoms with Gasteiger partial charge in [-0.3, -0.25) is 14.8 Å². The molecule has 0 aliphatic carbocycles. The summed E-state index contributed by atoms with van der Waals surface area (Å²) in [6, 6.07) is 15.3. The van der Waals surface area contributed by atoms with E-state index in [1.807, 2.05) is 60.8 Å². The third kappa shape index (κ3) is 8.08. The summed E-state index contributed by atoms with van der Waals surface area (Å²) in [5.41, 5.74) is 3.94. The summed E-state index contributed by atoms with van der Waals surface area (Å²) in [7, 11) is 0. The molecule has 1 unspecified atom stereocenters. The van der Waals surface area contributed by atoms with Crippen LogP contribution in [0.1, 0.15) is 36.0 Å². The Morgan fingerprint density at radius 2 is 1.58 bits per heavy atom. The minimum Gasteiger partial charge on any atom is -0.393 e. The molecule has 2 heterocycles. The molecule has 1 atom stereocenters. The van der Waals surface area contributed by atoms with Crippen molar-refractivity contribution < 1.29 is 9.90 Å². The topological polar surface area (TPSA) is 63.1 Å². The first-order valence-corrected chi connectivity index (χ1v) is 10.9. The largest absolute Gasteiger partial charge is 0.393 e. The predicted molar refractivity (Wildman–Crippen MR) is 124 cm³/mol. The molecule has 0 aliphatic rings. The third-order valence-electron chi connectivity index (χ3n) is 5.12. The van der Waals surface area contributed by atoms with Crippen molar-refractivity contribution >= 4 is 17.4 Å². The Morgan fingerprint density at radius 1 is 0.935 bits per heavy atom. The van der Waals surface area contributed by atoms with Crippen LogP contribution in [0.5, 0.6) is 0 Å². The summed E-state index contributed by atoms with van der Waals surface area (Å²) in [5.74, 6) is -0.0141. The van der Waals surface area contributed by atoms with Crippen LogP contribution in [-0.2, 0) is 24.1 Å². The Hall–Kier alpha value is -2.82. The first-order chi connectivity index (χ1) is 15.1. The van der Waals surface area contributed by atoms with Crippen LogP contribution in [-0.4, -0.2) is 27.0 Å². The van der Waals surface area contributed by atoms with Gasteiger partial charge in [0.25, 0.3) is 0 Å². The summed E-state index contributed by atoms with van der Waals surface area (Å²) < 4.78 is 0. The molecule has 1 aromatic carbocycles. The molecule has 0 amide bonds.